The van der Waals surface area contributed by atoms with Gasteiger partial charge in [0.15, 0.2) is 6.23 Å². The molecule has 0 spiro atoms. The summed E-state index contributed by atoms with van der Waals surface area (Å²) in [4.78, 5) is 24.5. The zero-order valence-corrected chi connectivity index (χ0v) is 10.7. The molecule has 1 saturated heterocycles. The normalized spacial score (nSPS) is 30.8. The van der Waals surface area contributed by atoms with Crippen LogP contribution in [0.1, 0.15) is 34.1 Å². The molecule has 0 N–H and O–H groups in total. The maximum absolute atomic E-state index is 11.9. The van der Waals surface area contributed by atoms with Crippen LogP contribution in [0.15, 0.2) is 0 Å². The fourth-order valence-corrected chi connectivity index (χ4v) is 2.24. The Kier molecular flexibility index (Phi) is 2.79. The molecule has 1 amide bonds. The average molecular weight is 241 g/mol. The van der Waals surface area contributed by atoms with Gasteiger partial charge in [-0.25, -0.2) is 4.79 Å². The molecule has 5 heteroatoms. The topological polar surface area (TPSA) is 55.8 Å². The third-order valence-corrected chi connectivity index (χ3v) is 3.00. The fraction of sp³-hybridized carbons (Fsp3) is 0.833. The van der Waals surface area contributed by atoms with Gasteiger partial charge in [0.25, 0.3) is 0 Å². The molecule has 1 saturated carbocycles. The van der Waals surface area contributed by atoms with E-state index >= 15 is 0 Å². The molecule has 0 unspecified atom stereocenters. The molecule has 0 bridgehead atoms. The number of piperidine rings is 1. The van der Waals surface area contributed by atoms with Crippen LogP contribution in [0.2, 0.25) is 0 Å². The number of hydrogen-bond acceptors (Lipinski definition) is 4. The van der Waals surface area contributed by atoms with E-state index < -0.39 is 17.9 Å². The number of esters is 1. The second-order valence-electron chi connectivity index (χ2n) is 5.79. The van der Waals surface area contributed by atoms with Crippen molar-refractivity contribution in [1.29, 1.82) is 0 Å². The average Bonchev–Trinajstić information content (AvgIpc) is 2.80. The minimum absolute atomic E-state index is 0.311. The first-order valence-corrected chi connectivity index (χ1v) is 5.95. The highest BCUT2D eigenvalue weighted by Crippen LogP contribution is 2.50. The Morgan fingerprint density at radius 1 is 1.29 bits per heavy atom. The molecule has 0 radical (unpaired) electrons. The van der Waals surface area contributed by atoms with Crippen molar-refractivity contribution in [3.8, 4) is 0 Å². The molecule has 0 aromatic carbocycles. The Morgan fingerprint density at radius 3 is 2.47 bits per heavy atom. The summed E-state index contributed by atoms with van der Waals surface area (Å²) < 4.78 is 10.5. The summed E-state index contributed by atoms with van der Waals surface area (Å²) in [6.45, 7) is 7.47. The van der Waals surface area contributed by atoms with Crippen LogP contribution in [0.3, 0.4) is 0 Å². The lowest BCUT2D eigenvalue weighted by atomic mass is 10.2. The molecular weight excluding hydrogens is 222 g/mol. The van der Waals surface area contributed by atoms with E-state index in [0.29, 0.717) is 18.4 Å². The van der Waals surface area contributed by atoms with Crippen LogP contribution in [0, 0.1) is 11.8 Å². The van der Waals surface area contributed by atoms with E-state index in [2.05, 4.69) is 0 Å². The van der Waals surface area contributed by atoms with Crippen molar-refractivity contribution in [2.24, 2.45) is 11.8 Å². The Bertz CT molecular complexity index is 347. The van der Waals surface area contributed by atoms with E-state index in [9.17, 15) is 9.59 Å². The Hall–Kier alpha value is -1.26. The van der Waals surface area contributed by atoms with Crippen molar-refractivity contribution < 1.29 is 19.1 Å². The number of hydrogen-bond donors (Lipinski definition) is 0. The maximum Gasteiger partial charge on any atom is 0.413 e. The van der Waals surface area contributed by atoms with Crippen molar-refractivity contribution in [1.82, 2.24) is 4.90 Å². The predicted molar refractivity (Wildman–Crippen MR) is 60.1 cm³/mol. The van der Waals surface area contributed by atoms with Gasteiger partial charge in [-0.05, 0) is 33.1 Å². The molecule has 17 heavy (non-hydrogen) atoms. The first kappa shape index (κ1) is 12.2. The highest BCUT2D eigenvalue weighted by molar-refractivity contribution is 5.71. The molecule has 2 aliphatic rings. The first-order valence-electron chi connectivity index (χ1n) is 5.95. The highest BCUT2D eigenvalue weighted by Gasteiger charge is 2.56. The van der Waals surface area contributed by atoms with Gasteiger partial charge in [-0.1, -0.05) is 0 Å². The summed E-state index contributed by atoms with van der Waals surface area (Å²) >= 11 is 0. The molecule has 1 aliphatic carbocycles. The molecule has 1 aliphatic heterocycles. The van der Waals surface area contributed by atoms with Crippen LogP contribution >= 0.6 is 0 Å². The lowest BCUT2D eigenvalue weighted by Gasteiger charge is -2.29. The van der Waals surface area contributed by atoms with Gasteiger partial charge in [-0.2, -0.15) is 0 Å². The smallest absolute Gasteiger partial charge is 0.413 e. The predicted octanol–water partition coefficient (Wildman–Crippen LogP) is 1.76. The molecule has 0 aromatic heterocycles. The lowest BCUT2D eigenvalue weighted by molar-refractivity contribution is -0.154. The van der Waals surface area contributed by atoms with E-state index in [-0.39, 0.29) is 5.97 Å². The molecule has 3 atom stereocenters. The summed E-state index contributed by atoms with van der Waals surface area (Å²) in [6, 6.07) is 0. The number of likely N-dealkylation sites (tertiary alicyclic amines) is 1. The standard InChI is InChI=1S/C12H19NO4/c1-7(14)16-10-9-5-8(9)6-13(10)11(15)17-12(2,3)4/h8-10H,5-6H2,1-4H3/t8-,9-,10+/m0/s1. The zero-order chi connectivity index (χ0) is 12.8. The molecule has 2 rings (SSSR count). The highest BCUT2D eigenvalue weighted by atomic mass is 16.6. The van der Waals surface area contributed by atoms with Crippen LogP contribution in [-0.2, 0) is 14.3 Å². The molecular formula is C12H19NO4. The fourth-order valence-electron chi connectivity index (χ4n) is 2.24. The van der Waals surface area contributed by atoms with Gasteiger partial charge in [0.05, 0.1) is 0 Å². The SMILES string of the molecule is CC(=O)O[C@@H]1[C@H]2C[C@H]2CN1C(=O)OC(C)(C)C. The number of nitrogens with zero attached hydrogens (tertiary/aromatic N) is 1. The van der Waals surface area contributed by atoms with Crippen LogP contribution < -0.4 is 0 Å². The van der Waals surface area contributed by atoms with Gasteiger partial charge in [0.1, 0.15) is 5.60 Å². The first-order chi connectivity index (χ1) is 7.78. The molecule has 96 valence electrons. The van der Waals surface area contributed by atoms with Gasteiger partial charge >= 0.3 is 12.1 Å². The third kappa shape index (κ3) is 2.70. The summed E-state index contributed by atoms with van der Waals surface area (Å²) in [5.41, 5.74) is -0.523. The van der Waals surface area contributed by atoms with Crippen molar-refractivity contribution in [2.45, 2.75) is 45.9 Å². The molecule has 2 fully saturated rings. The van der Waals surface area contributed by atoms with Gasteiger partial charge in [0.2, 0.25) is 0 Å². The molecule has 5 nitrogen and oxygen atoms in total. The van der Waals surface area contributed by atoms with Gasteiger partial charge in [-0.15, -0.1) is 0 Å². The van der Waals surface area contributed by atoms with Gasteiger partial charge in [0, 0.05) is 19.4 Å². The second-order valence-corrected chi connectivity index (χ2v) is 5.79. The lowest BCUT2D eigenvalue weighted by Crippen LogP contribution is -2.43. The quantitative estimate of drug-likeness (QED) is 0.656. The summed E-state index contributed by atoms with van der Waals surface area (Å²) in [5, 5.41) is 0. The zero-order valence-electron chi connectivity index (χ0n) is 10.7. The number of fused-ring (bicyclic) bond motifs is 1. The number of amides is 1. The molecule has 1 heterocycles. The maximum atomic E-state index is 11.9. The van der Waals surface area contributed by atoms with Crippen molar-refractivity contribution in [2.75, 3.05) is 6.54 Å². The van der Waals surface area contributed by atoms with E-state index in [1.807, 2.05) is 20.8 Å². The number of ether oxygens (including phenoxy) is 2. The van der Waals surface area contributed by atoms with Crippen molar-refractivity contribution >= 4 is 12.1 Å². The van der Waals surface area contributed by atoms with Gasteiger partial charge in [-0.3, -0.25) is 9.69 Å². The summed E-state index contributed by atoms with van der Waals surface area (Å²) in [6.07, 6.45) is 0.223. The number of rotatable bonds is 1. The van der Waals surface area contributed by atoms with E-state index in [0.717, 1.165) is 6.42 Å². The second kappa shape index (κ2) is 3.89. The third-order valence-electron chi connectivity index (χ3n) is 3.00. The van der Waals surface area contributed by atoms with E-state index in [1.165, 1.54) is 11.8 Å². The van der Waals surface area contributed by atoms with Crippen LogP contribution in [-0.4, -0.2) is 35.3 Å². The van der Waals surface area contributed by atoms with Crippen molar-refractivity contribution in [3.63, 3.8) is 0 Å². The van der Waals surface area contributed by atoms with Crippen molar-refractivity contribution in [3.05, 3.63) is 0 Å². The monoisotopic (exact) mass is 241 g/mol. The number of carbonyl (C=O) groups excluding carboxylic acids is 2. The molecule has 0 aromatic rings. The number of carbonyl (C=O) groups is 2. The largest absolute Gasteiger partial charge is 0.444 e. The summed E-state index contributed by atoms with van der Waals surface area (Å²) in [5.74, 6) is 0.439. The Labute approximate surface area is 101 Å². The van der Waals surface area contributed by atoms with Gasteiger partial charge < -0.3 is 9.47 Å². The Morgan fingerprint density at radius 2 is 1.94 bits per heavy atom. The Balaban J connectivity index is 2.00. The van der Waals surface area contributed by atoms with Crippen LogP contribution in [0.5, 0.6) is 0 Å². The van der Waals surface area contributed by atoms with E-state index in [1.54, 1.807) is 0 Å². The minimum atomic E-state index is -0.523. The minimum Gasteiger partial charge on any atom is -0.444 e. The van der Waals surface area contributed by atoms with E-state index in [4.69, 9.17) is 9.47 Å². The van der Waals surface area contributed by atoms with Crippen LogP contribution in [0.25, 0.3) is 0 Å². The van der Waals surface area contributed by atoms with Crippen LogP contribution in [0.4, 0.5) is 4.79 Å². The summed E-state index contributed by atoms with van der Waals surface area (Å²) in [7, 11) is 0.